The van der Waals surface area contributed by atoms with Crippen molar-refractivity contribution in [3.63, 3.8) is 0 Å². The molecule has 1 N–H and O–H groups in total. The minimum Gasteiger partial charge on any atom is -0.352 e. The Balaban J connectivity index is 2.69. The lowest BCUT2D eigenvalue weighted by Crippen LogP contribution is -2.25. The van der Waals surface area contributed by atoms with Gasteiger partial charge in [-0.2, -0.15) is 0 Å². The monoisotopic (exact) mass is 293 g/mol. The molecule has 0 aliphatic rings. The summed E-state index contributed by atoms with van der Waals surface area (Å²) in [5.41, 5.74) is -0.0166. The third kappa shape index (κ3) is 3.47. The van der Waals surface area contributed by atoms with E-state index in [4.69, 9.17) is 11.6 Å². The van der Waals surface area contributed by atoms with Crippen molar-refractivity contribution in [1.29, 1.82) is 0 Å². The molecular weight excluding hydrogens is 284 g/mol. The summed E-state index contributed by atoms with van der Waals surface area (Å²) in [6.45, 7) is 0.510. The van der Waals surface area contributed by atoms with E-state index in [1.165, 1.54) is 12.1 Å². The molecule has 1 amide bonds. The zero-order valence-corrected chi connectivity index (χ0v) is 10.2. The molecule has 0 spiro atoms. The van der Waals surface area contributed by atoms with Crippen LogP contribution in [-0.2, 0) is 0 Å². The summed E-state index contributed by atoms with van der Waals surface area (Å²) in [4.78, 5) is 11.5. The molecule has 0 saturated carbocycles. The van der Waals surface area contributed by atoms with Gasteiger partial charge in [-0.25, -0.2) is 4.39 Å². The minimum absolute atomic E-state index is 0.0166. The van der Waals surface area contributed by atoms with E-state index >= 15 is 0 Å². The Kier molecular flexibility index (Phi) is 5.05. The molecule has 0 saturated heterocycles. The van der Waals surface area contributed by atoms with Gasteiger partial charge in [0, 0.05) is 11.9 Å². The summed E-state index contributed by atoms with van der Waals surface area (Å²) in [7, 11) is 0. The van der Waals surface area contributed by atoms with E-state index in [9.17, 15) is 9.18 Å². The molecule has 1 aromatic rings. The van der Waals surface area contributed by atoms with Gasteiger partial charge in [0.05, 0.1) is 10.6 Å². The Morgan fingerprint density at radius 1 is 1.53 bits per heavy atom. The molecule has 0 aliphatic carbocycles. The summed E-state index contributed by atoms with van der Waals surface area (Å²) in [6.07, 6.45) is 0.800. The van der Waals surface area contributed by atoms with Gasteiger partial charge >= 0.3 is 0 Å². The predicted octanol–water partition coefficient (Wildman–Crippen LogP) is 2.99. The summed E-state index contributed by atoms with van der Waals surface area (Å²) in [6, 6.07) is 4.36. The lowest BCUT2D eigenvalue weighted by Gasteiger charge is -2.05. The van der Waals surface area contributed by atoms with Crippen molar-refractivity contribution < 1.29 is 9.18 Å². The fraction of sp³-hybridized carbons (Fsp3) is 0.300. The molecule has 2 nitrogen and oxygen atoms in total. The Bertz CT molecular complexity index is 359. The first-order valence-corrected chi connectivity index (χ1v) is 5.95. The third-order valence-electron chi connectivity index (χ3n) is 1.79. The first-order valence-electron chi connectivity index (χ1n) is 4.45. The van der Waals surface area contributed by atoms with Gasteiger partial charge in [0.15, 0.2) is 5.82 Å². The van der Waals surface area contributed by atoms with Crippen LogP contribution >= 0.6 is 27.5 Å². The molecule has 0 unspecified atom stereocenters. The normalized spacial score (nSPS) is 10.1. The van der Waals surface area contributed by atoms with Crippen LogP contribution in [0.25, 0.3) is 0 Å². The van der Waals surface area contributed by atoms with Crippen molar-refractivity contribution in [3.05, 3.63) is 34.6 Å². The highest BCUT2D eigenvalue weighted by molar-refractivity contribution is 9.09. The molecule has 0 heterocycles. The average Bonchev–Trinajstić information content (AvgIpc) is 2.22. The molecule has 0 fully saturated rings. The number of hydrogen-bond donors (Lipinski definition) is 1. The number of hydrogen-bond acceptors (Lipinski definition) is 1. The SMILES string of the molecule is O=C(NCCCBr)c1cccc(Cl)c1F. The topological polar surface area (TPSA) is 29.1 Å². The van der Waals surface area contributed by atoms with E-state index in [-0.39, 0.29) is 10.6 Å². The highest BCUT2D eigenvalue weighted by atomic mass is 79.9. The second-order valence-electron chi connectivity index (χ2n) is 2.90. The van der Waals surface area contributed by atoms with Crippen molar-refractivity contribution in [2.45, 2.75) is 6.42 Å². The standard InChI is InChI=1S/C10H10BrClFNO/c11-5-2-6-14-10(15)7-3-1-4-8(12)9(7)13/h1,3-4H,2,5-6H2,(H,14,15). The molecule has 0 atom stereocenters. The summed E-state index contributed by atoms with van der Waals surface area (Å²) < 4.78 is 13.4. The molecule has 1 aromatic carbocycles. The lowest BCUT2D eigenvalue weighted by atomic mass is 10.2. The van der Waals surface area contributed by atoms with Crippen LogP contribution in [0.1, 0.15) is 16.8 Å². The second-order valence-corrected chi connectivity index (χ2v) is 4.10. The summed E-state index contributed by atoms with van der Waals surface area (Å²) >= 11 is 8.79. The van der Waals surface area contributed by atoms with Crippen molar-refractivity contribution in [3.8, 4) is 0 Å². The van der Waals surface area contributed by atoms with E-state index < -0.39 is 11.7 Å². The van der Waals surface area contributed by atoms with Crippen LogP contribution in [0.4, 0.5) is 4.39 Å². The Morgan fingerprint density at radius 3 is 2.93 bits per heavy atom. The minimum atomic E-state index is -0.671. The Labute approximate surface area is 101 Å². The van der Waals surface area contributed by atoms with Gasteiger partial charge in [0.25, 0.3) is 5.91 Å². The number of carbonyl (C=O) groups is 1. The van der Waals surface area contributed by atoms with Crippen LogP contribution in [0, 0.1) is 5.82 Å². The van der Waals surface area contributed by atoms with Gasteiger partial charge in [0.2, 0.25) is 0 Å². The van der Waals surface area contributed by atoms with Gasteiger partial charge in [-0.1, -0.05) is 33.6 Å². The van der Waals surface area contributed by atoms with Gasteiger partial charge in [0.1, 0.15) is 0 Å². The predicted molar refractivity (Wildman–Crippen MR) is 62.2 cm³/mol. The number of alkyl halides is 1. The first kappa shape index (κ1) is 12.5. The zero-order chi connectivity index (χ0) is 11.3. The smallest absolute Gasteiger partial charge is 0.254 e. The van der Waals surface area contributed by atoms with Crippen molar-refractivity contribution >= 4 is 33.4 Å². The molecule has 0 aromatic heterocycles. The van der Waals surface area contributed by atoms with Crippen LogP contribution in [0.15, 0.2) is 18.2 Å². The highest BCUT2D eigenvalue weighted by Crippen LogP contribution is 2.17. The molecule has 1 rings (SSSR count). The Morgan fingerprint density at radius 2 is 2.27 bits per heavy atom. The van der Waals surface area contributed by atoms with Crippen LogP contribution in [0.5, 0.6) is 0 Å². The lowest BCUT2D eigenvalue weighted by molar-refractivity contribution is 0.0950. The van der Waals surface area contributed by atoms with Crippen LogP contribution in [0.3, 0.4) is 0 Å². The molecular formula is C10H10BrClFNO. The summed E-state index contributed by atoms with van der Waals surface area (Å²) in [5.74, 6) is -1.11. The van der Waals surface area contributed by atoms with Gasteiger partial charge < -0.3 is 5.32 Å². The fourth-order valence-electron chi connectivity index (χ4n) is 1.04. The number of rotatable bonds is 4. The van der Waals surface area contributed by atoms with Crippen molar-refractivity contribution in [1.82, 2.24) is 5.32 Å². The van der Waals surface area contributed by atoms with Crippen LogP contribution in [-0.4, -0.2) is 17.8 Å². The zero-order valence-electron chi connectivity index (χ0n) is 7.90. The van der Waals surface area contributed by atoms with Crippen molar-refractivity contribution in [2.24, 2.45) is 0 Å². The van der Waals surface area contributed by atoms with E-state index in [2.05, 4.69) is 21.2 Å². The number of benzene rings is 1. The number of halogens is 3. The van der Waals surface area contributed by atoms with Crippen molar-refractivity contribution in [2.75, 3.05) is 11.9 Å². The van der Waals surface area contributed by atoms with E-state index in [0.717, 1.165) is 11.8 Å². The first-order chi connectivity index (χ1) is 7.16. The number of nitrogens with one attached hydrogen (secondary N) is 1. The molecule has 82 valence electrons. The molecule has 0 radical (unpaired) electrons. The molecule has 0 aliphatic heterocycles. The Hall–Kier alpha value is -0.610. The van der Waals surface area contributed by atoms with Crippen LogP contribution in [0.2, 0.25) is 5.02 Å². The molecule has 0 bridgehead atoms. The quantitative estimate of drug-likeness (QED) is 0.671. The number of amides is 1. The summed E-state index contributed by atoms with van der Waals surface area (Å²) in [5, 5.41) is 3.36. The van der Waals surface area contributed by atoms with E-state index in [1.807, 2.05) is 0 Å². The van der Waals surface area contributed by atoms with Gasteiger partial charge in [-0.15, -0.1) is 0 Å². The van der Waals surface area contributed by atoms with Gasteiger partial charge in [-0.3, -0.25) is 4.79 Å². The maximum Gasteiger partial charge on any atom is 0.254 e. The third-order valence-corrected chi connectivity index (χ3v) is 2.64. The maximum absolute atomic E-state index is 13.4. The molecule has 15 heavy (non-hydrogen) atoms. The average molecular weight is 295 g/mol. The van der Waals surface area contributed by atoms with Gasteiger partial charge in [-0.05, 0) is 18.6 Å². The van der Waals surface area contributed by atoms with Crippen LogP contribution < -0.4 is 5.32 Å². The number of carbonyl (C=O) groups excluding carboxylic acids is 1. The largest absolute Gasteiger partial charge is 0.352 e. The molecule has 5 heteroatoms. The highest BCUT2D eigenvalue weighted by Gasteiger charge is 2.12. The second kappa shape index (κ2) is 6.08. The maximum atomic E-state index is 13.4. The van der Waals surface area contributed by atoms with E-state index in [1.54, 1.807) is 6.07 Å². The van der Waals surface area contributed by atoms with E-state index in [0.29, 0.717) is 6.54 Å². The fourth-order valence-corrected chi connectivity index (χ4v) is 1.50.